The maximum atomic E-state index is 9.61. The Balaban J connectivity index is 3.13. The summed E-state index contributed by atoms with van der Waals surface area (Å²) in [6.45, 7) is -0.134. The zero-order valence-electron chi connectivity index (χ0n) is 7.69. The lowest BCUT2D eigenvalue weighted by Gasteiger charge is -2.18. The number of benzene rings is 1. The number of phenolic OH excluding ortho intramolecular Hbond substituents is 1. The van der Waals surface area contributed by atoms with Crippen molar-refractivity contribution in [3.05, 3.63) is 27.7 Å². The van der Waals surface area contributed by atoms with Crippen LogP contribution in [0.25, 0.3) is 0 Å². The molecule has 0 aliphatic carbocycles. The molecular weight excluding hydrogens is 241 g/mol. The van der Waals surface area contributed by atoms with Gasteiger partial charge in [-0.2, -0.15) is 0 Å². The van der Waals surface area contributed by atoms with Gasteiger partial charge in [0.1, 0.15) is 11.9 Å². The molecule has 0 aromatic heterocycles. The van der Waals surface area contributed by atoms with Crippen molar-refractivity contribution in [3.8, 4) is 5.75 Å². The fraction of sp³-hybridized carbons (Fsp3) is 0.333. The van der Waals surface area contributed by atoms with E-state index < -0.39 is 12.2 Å². The molecule has 5 N–H and O–H groups in total. The van der Waals surface area contributed by atoms with Crippen molar-refractivity contribution in [2.45, 2.75) is 12.2 Å². The smallest absolute Gasteiger partial charge is 0.140 e. The molecule has 1 aromatic carbocycles. The van der Waals surface area contributed by atoms with Crippen molar-refractivity contribution < 1.29 is 15.3 Å². The summed E-state index contributed by atoms with van der Waals surface area (Å²) >= 11 is 11.3. The molecular formula is C9H11Cl2NO3. The molecule has 2 unspecified atom stereocenters. The number of phenols is 1. The van der Waals surface area contributed by atoms with Gasteiger partial charge in [-0.3, -0.25) is 0 Å². The molecule has 0 bridgehead atoms. The second-order valence-corrected chi connectivity index (χ2v) is 3.92. The first-order valence-electron chi connectivity index (χ1n) is 4.21. The molecule has 4 nitrogen and oxygen atoms in total. The lowest BCUT2D eigenvalue weighted by Crippen LogP contribution is -2.27. The molecule has 84 valence electrons. The van der Waals surface area contributed by atoms with E-state index in [1.165, 1.54) is 12.1 Å². The standard InChI is InChI=1S/C9H11Cl2NO3/c10-4-1-5(8(14)6(11)2-4)9(15)7(13)3-12/h1-2,7,9,13-15H,3,12H2. The zero-order chi connectivity index (χ0) is 11.6. The van der Waals surface area contributed by atoms with Crippen molar-refractivity contribution in [2.24, 2.45) is 5.73 Å². The van der Waals surface area contributed by atoms with E-state index in [2.05, 4.69) is 0 Å². The third-order valence-electron chi connectivity index (χ3n) is 1.98. The van der Waals surface area contributed by atoms with Crippen LogP contribution in [0.2, 0.25) is 10.0 Å². The first-order chi connectivity index (χ1) is 6.97. The highest BCUT2D eigenvalue weighted by molar-refractivity contribution is 6.35. The van der Waals surface area contributed by atoms with Crippen LogP contribution in [0.15, 0.2) is 12.1 Å². The highest BCUT2D eigenvalue weighted by Crippen LogP contribution is 2.35. The van der Waals surface area contributed by atoms with Crippen molar-refractivity contribution >= 4 is 23.2 Å². The SMILES string of the molecule is NCC(O)C(O)c1cc(Cl)cc(Cl)c1O. The lowest BCUT2D eigenvalue weighted by atomic mass is 10.0. The Kier molecular flexibility index (Phi) is 4.19. The second-order valence-electron chi connectivity index (χ2n) is 3.07. The Morgan fingerprint density at radius 2 is 1.87 bits per heavy atom. The minimum Gasteiger partial charge on any atom is -0.506 e. The highest BCUT2D eigenvalue weighted by atomic mass is 35.5. The average molecular weight is 252 g/mol. The molecule has 0 aliphatic heterocycles. The summed E-state index contributed by atoms with van der Waals surface area (Å²) in [7, 11) is 0. The predicted molar refractivity (Wildman–Crippen MR) is 58.1 cm³/mol. The maximum Gasteiger partial charge on any atom is 0.140 e. The molecule has 0 saturated carbocycles. The van der Waals surface area contributed by atoms with Crippen LogP contribution in [-0.4, -0.2) is 28.0 Å². The minimum absolute atomic E-state index is 0.0146. The van der Waals surface area contributed by atoms with Crippen molar-refractivity contribution in [1.82, 2.24) is 0 Å². The molecule has 6 heteroatoms. The number of hydrogen-bond donors (Lipinski definition) is 4. The fourth-order valence-corrected chi connectivity index (χ4v) is 1.66. The van der Waals surface area contributed by atoms with Crippen LogP contribution in [0.3, 0.4) is 0 Å². The topological polar surface area (TPSA) is 86.7 Å². The molecule has 0 saturated heterocycles. The van der Waals surface area contributed by atoms with Gasteiger partial charge in [-0.1, -0.05) is 23.2 Å². The van der Waals surface area contributed by atoms with Gasteiger partial charge in [0, 0.05) is 17.1 Å². The Morgan fingerprint density at radius 3 is 2.40 bits per heavy atom. The summed E-state index contributed by atoms with van der Waals surface area (Å²) < 4.78 is 0. The van der Waals surface area contributed by atoms with Crippen LogP contribution >= 0.6 is 23.2 Å². The van der Waals surface area contributed by atoms with Gasteiger partial charge in [-0.15, -0.1) is 0 Å². The number of hydrogen-bond acceptors (Lipinski definition) is 4. The minimum atomic E-state index is -1.31. The molecule has 1 aromatic rings. The number of halogens is 2. The molecule has 15 heavy (non-hydrogen) atoms. The first kappa shape index (κ1) is 12.5. The summed E-state index contributed by atoms with van der Waals surface area (Å²) in [6, 6.07) is 2.66. The largest absolute Gasteiger partial charge is 0.506 e. The number of nitrogens with two attached hydrogens (primary N) is 1. The quantitative estimate of drug-likeness (QED) is 0.647. The maximum absolute atomic E-state index is 9.61. The normalized spacial score (nSPS) is 15.0. The van der Waals surface area contributed by atoms with Crippen LogP contribution in [0.1, 0.15) is 11.7 Å². The molecule has 0 spiro atoms. The van der Waals surface area contributed by atoms with Gasteiger partial charge < -0.3 is 21.1 Å². The molecule has 0 radical (unpaired) electrons. The fourth-order valence-electron chi connectivity index (χ4n) is 1.15. The Labute approximate surface area is 96.9 Å². The van der Waals surface area contributed by atoms with Crippen LogP contribution in [0, 0.1) is 0 Å². The van der Waals surface area contributed by atoms with Gasteiger partial charge in [-0.05, 0) is 12.1 Å². The summed E-state index contributed by atoms with van der Waals surface area (Å²) in [4.78, 5) is 0. The van der Waals surface area contributed by atoms with E-state index in [1.54, 1.807) is 0 Å². The number of rotatable bonds is 3. The van der Waals surface area contributed by atoms with E-state index in [4.69, 9.17) is 28.9 Å². The van der Waals surface area contributed by atoms with Gasteiger partial charge >= 0.3 is 0 Å². The average Bonchev–Trinajstić information content (AvgIpc) is 2.21. The first-order valence-corrected chi connectivity index (χ1v) is 4.97. The third-order valence-corrected chi connectivity index (χ3v) is 2.49. The Morgan fingerprint density at radius 1 is 1.27 bits per heavy atom. The number of aliphatic hydroxyl groups excluding tert-OH is 2. The lowest BCUT2D eigenvalue weighted by molar-refractivity contribution is 0.0230. The monoisotopic (exact) mass is 251 g/mol. The highest BCUT2D eigenvalue weighted by Gasteiger charge is 2.22. The Hall–Kier alpha value is -0.520. The van der Waals surface area contributed by atoms with Gasteiger partial charge in [0.25, 0.3) is 0 Å². The Bertz CT molecular complexity index is 359. The van der Waals surface area contributed by atoms with E-state index in [-0.39, 0.29) is 27.9 Å². The summed E-state index contributed by atoms with van der Waals surface area (Å²) in [6.07, 6.45) is -2.49. The zero-order valence-corrected chi connectivity index (χ0v) is 9.20. The van der Waals surface area contributed by atoms with Crippen LogP contribution in [-0.2, 0) is 0 Å². The molecule has 0 amide bonds. The third kappa shape index (κ3) is 2.74. The van der Waals surface area contributed by atoms with E-state index in [0.29, 0.717) is 0 Å². The van der Waals surface area contributed by atoms with Gasteiger partial charge in [0.2, 0.25) is 0 Å². The van der Waals surface area contributed by atoms with E-state index >= 15 is 0 Å². The van der Waals surface area contributed by atoms with Crippen molar-refractivity contribution in [3.63, 3.8) is 0 Å². The van der Waals surface area contributed by atoms with Crippen molar-refractivity contribution in [1.29, 1.82) is 0 Å². The van der Waals surface area contributed by atoms with Crippen LogP contribution < -0.4 is 5.73 Å². The van der Waals surface area contributed by atoms with Gasteiger partial charge in [-0.25, -0.2) is 0 Å². The summed E-state index contributed by atoms with van der Waals surface area (Å²) in [5.74, 6) is -0.305. The van der Waals surface area contributed by atoms with Crippen LogP contribution in [0.5, 0.6) is 5.75 Å². The molecule has 0 heterocycles. The molecule has 1 rings (SSSR count). The predicted octanol–water partition coefficient (Wildman–Crippen LogP) is 1.05. The van der Waals surface area contributed by atoms with E-state index in [1.807, 2.05) is 0 Å². The molecule has 2 atom stereocenters. The molecule has 0 aliphatic rings. The van der Waals surface area contributed by atoms with Gasteiger partial charge in [0.05, 0.1) is 11.1 Å². The van der Waals surface area contributed by atoms with Crippen molar-refractivity contribution in [2.75, 3.05) is 6.54 Å². The number of aromatic hydroxyl groups is 1. The molecule has 0 fully saturated rings. The van der Waals surface area contributed by atoms with E-state index in [9.17, 15) is 15.3 Å². The summed E-state index contributed by atoms with van der Waals surface area (Å²) in [5.41, 5.74) is 5.24. The van der Waals surface area contributed by atoms with Gasteiger partial charge in [0.15, 0.2) is 0 Å². The van der Waals surface area contributed by atoms with Crippen LogP contribution in [0.4, 0.5) is 0 Å². The summed E-state index contributed by atoms with van der Waals surface area (Å²) in [5, 5.41) is 28.7. The second kappa shape index (κ2) is 5.01. The van der Waals surface area contributed by atoms with E-state index in [0.717, 1.165) is 0 Å². The number of aliphatic hydroxyl groups is 2.